The molecule has 1 N–H and O–H groups in total. The molecule has 2 rings (SSSR count). The molecule has 0 aromatic heterocycles. The minimum absolute atomic E-state index is 0.0442. The van der Waals surface area contributed by atoms with Gasteiger partial charge >= 0.3 is 0 Å². The Balaban J connectivity index is 1.89. The molecule has 0 spiro atoms. The first-order chi connectivity index (χ1) is 8.22. The first-order valence-electron chi connectivity index (χ1n) is 6.50. The number of nitrogens with one attached hydrogen (secondary N) is 1. The zero-order chi connectivity index (χ0) is 12.3. The molecule has 0 unspecified atom stereocenters. The SMILES string of the molecule is CCN(C(=O)CN1CCCNCC1=O)C1CC1. The maximum atomic E-state index is 12.1. The number of carbonyl (C=O) groups excluding carboxylic acids is 2. The van der Waals surface area contributed by atoms with Crippen molar-refractivity contribution in [2.45, 2.75) is 32.2 Å². The summed E-state index contributed by atoms with van der Waals surface area (Å²) < 4.78 is 0. The molecule has 17 heavy (non-hydrogen) atoms. The van der Waals surface area contributed by atoms with Crippen molar-refractivity contribution in [3.8, 4) is 0 Å². The number of hydrogen-bond donors (Lipinski definition) is 1. The van der Waals surface area contributed by atoms with Gasteiger partial charge in [0, 0.05) is 19.1 Å². The highest BCUT2D eigenvalue weighted by atomic mass is 16.2. The van der Waals surface area contributed by atoms with Gasteiger partial charge < -0.3 is 15.1 Å². The van der Waals surface area contributed by atoms with E-state index in [0.717, 1.165) is 32.4 Å². The summed E-state index contributed by atoms with van der Waals surface area (Å²) in [6.45, 7) is 4.93. The van der Waals surface area contributed by atoms with Crippen LogP contribution >= 0.6 is 0 Å². The molecule has 5 heteroatoms. The summed E-state index contributed by atoms with van der Waals surface area (Å²) in [4.78, 5) is 27.4. The van der Waals surface area contributed by atoms with Crippen molar-refractivity contribution in [2.75, 3.05) is 32.7 Å². The van der Waals surface area contributed by atoms with Crippen molar-refractivity contribution in [2.24, 2.45) is 0 Å². The van der Waals surface area contributed by atoms with E-state index in [9.17, 15) is 9.59 Å². The van der Waals surface area contributed by atoms with E-state index >= 15 is 0 Å². The minimum atomic E-state index is 0.0442. The van der Waals surface area contributed by atoms with Crippen LogP contribution in [0.15, 0.2) is 0 Å². The van der Waals surface area contributed by atoms with Gasteiger partial charge in [-0.05, 0) is 32.7 Å². The van der Waals surface area contributed by atoms with Gasteiger partial charge in [-0.25, -0.2) is 0 Å². The third-order valence-electron chi connectivity index (χ3n) is 3.39. The lowest BCUT2D eigenvalue weighted by Crippen LogP contribution is -2.44. The normalized spacial score (nSPS) is 21.2. The second kappa shape index (κ2) is 5.49. The number of carbonyl (C=O) groups is 2. The van der Waals surface area contributed by atoms with Crippen LogP contribution in [0, 0.1) is 0 Å². The van der Waals surface area contributed by atoms with Crippen LogP contribution in [0.5, 0.6) is 0 Å². The van der Waals surface area contributed by atoms with Gasteiger partial charge in [0.05, 0.1) is 13.1 Å². The first kappa shape index (κ1) is 12.4. The average Bonchev–Trinajstić information content (AvgIpc) is 3.11. The lowest BCUT2D eigenvalue weighted by molar-refractivity contribution is -0.139. The van der Waals surface area contributed by atoms with Crippen molar-refractivity contribution in [3.63, 3.8) is 0 Å². The first-order valence-corrected chi connectivity index (χ1v) is 6.50. The zero-order valence-corrected chi connectivity index (χ0v) is 10.4. The molecule has 2 aliphatic rings. The third-order valence-corrected chi connectivity index (χ3v) is 3.39. The van der Waals surface area contributed by atoms with E-state index < -0.39 is 0 Å². The average molecular weight is 239 g/mol. The Kier molecular flexibility index (Phi) is 3.99. The maximum Gasteiger partial charge on any atom is 0.242 e. The van der Waals surface area contributed by atoms with Gasteiger partial charge in [-0.1, -0.05) is 0 Å². The van der Waals surface area contributed by atoms with Crippen LogP contribution < -0.4 is 5.32 Å². The molecule has 0 bridgehead atoms. The third kappa shape index (κ3) is 3.19. The molecule has 0 aromatic carbocycles. The van der Waals surface area contributed by atoms with Gasteiger partial charge in [-0.15, -0.1) is 0 Å². The molecular formula is C12H21N3O2. The number of hydrogen-bond acceptors (Lipinski definition) is 3. The lowest BCUT2D eigenvalue weighted by Gasteiger charge is -2.25. The highest BCUT2D eigenvalue weighted by Gasteiger charge is 2.32. The van der Waals surface area contributed by atoms with Crippen LogP contribution in [0.4, 0.5) is 0 Å². The van der Waals surface area contributed by atoms with Crippen molar-refractivity contribution >= 4 is 11.8 Å². The van der Waals surface area contributed by atoms with Gasteiger partial charge in [0.2, 0.25) is 11.8 Å². The maximum absolute atomic E-state index is 12.1. The van der Waals surface area contributed by atoms with Gasteiger partial charge in [0.15, 0.2) is 0 Å². The topological polar surface area (TPSA) is 52.7 Å². The van der Waals surface area contributed by atoms with Crippen LogP contribution in [0.2, 0.25) is 0 Å². The number of rotatable bonds is 4. The molecule has 1 aliphatic heterocycles. The molecule has 0 radical (unpaired) electrons. The molecule has 1 aliphatic carbocycles. The Morgan fingerprint density at radius 1 is 1.53 bits per heavy atom. The predicted octanol–water partition coefficient (Wildman–Crippen LogP) is -0.181. The monoisotopic (exact) mass is 239 g/mol. The smallest absolute Gasteiger partial charge is 0.242 e. The molecule has 1 saturated carbocycles. The molecule has 0 aromatic rings. The van der Waals surface area contributed by atoms with Crippen LogP contribution in [0.25, 0.3) is 0 Å². The van der Waals surface area contributed by atoms with Crippen molar-refractivity contribution in [1.82, 2.24) is 15.1 Å². The van der Waals surface area contributed by atoms with Gasteiger partial charge in [-0.2, -0.15) is 0 Å². The Bertz CT molecular complexity index is 302. The van der Waals surface area contributed by atoms with E-state index in [1.54, 1.807) is 4.90 Å². The van der Waals surface area contributed by atoms with E-state index in [4.69, 9.17) is 0 Å². The predicted molar refractivity (Wildman–Crippen MR) is 64.5 cm³/mol. The Hall–Kier alpha value is -1.10. The Morgan fingerprint density at radius 3 is 2.94 bits per heavy atom. The second-order valence-electron chi connectivity index (χ2n) is 4.76. The van der Waals surface area contributed by atoms with Gasteiger partial charge in [0.25, 0.3) is 0 Å². The summed E-state index contributed by atoms with van der Waals surface area (Å²) in [5, 5.41) is 3.06. The quantitative estimate of drug-likeness (QED) is 0.740. The summed E-state index contributed by atoms with van der Waals surface area (Å²) in [7, 11) is 0. The van der Waals surface area contributed by atoms with E-state index in [-0.39, 0.29) is 18.4 Å². The molecule has 0 atom stereocenters. The molecule has 5 nitrogen and oxygen atoms in total. The molecule has 96 valence electrons. The Morgan fingerprint density at radius 2 is 2.29 bits per heavy atom. The van der Waals surface area contributed by atoms with Crippen LogP contribution in [0.3, 0.4) is 0 Å². The van der Waals surface area contributed by atoms with Crippen molar-refractivity contribution in [3.05, 3.63) is 0 Å². The van der Waals surface area contributed by atoms with E-state index in [2.05, 4.69) is 5.32 Å². The number of likely N-dealkylation sites (N-methyl/N-ethyl adjacent to an activating group) is 1. The van der Waals surface area contributed by atoms with Gasteiger partial charge in [-0.3, -0.25) is 9.59 Å². The highest BCUT2D eigenvalue weighted by molar-refractivity contribution is 5.86. The fourth-order valence-corrected chi connectivity index (χ4v) is 2.27. The largest absolute Gasteiger partial charge is 0.338 e. The standard InChI is InChI=1S/C12H21N3O2/c1-2-15(10-4-5-10)12(17)9-14-7-3-6-13-8-11(14)16/h10,13H,2-9H2,1H3. The zero-order valence-electron chi connectivity index (χ0n) is 10.4. The van der Waals surface area contributed by atoms with Crippen molar-refractivity contribution in [1.29, 1.82) is 0 Å². The van der Waals surface area contributed by atoms with Crippen LogP contribution in [0.1, 0.15) is 26.2 Å². The molecular weight excluding hydrogens is 218 g/mol. The van der Waals surface area contributed by atoms with E-state index in [0.29, 0.717) is 19.1 Å². The molecule has 2 fully saturated rings. The van der Waals surface area contributed by atoms with Crippen LogP contribution in [-0.2, 0) is 9.59 Å². The number of amides is 2. The van der Waals surface area contributed by atoms with E-state index in [1.807, 2.05) is 11.8 Å². The van der Waals surface area contributed by atoms with Gasteiger partial charge in [0.1, 0.15) is 0 Å². The summed E-state index contributed by atoms with van der Waals surface area (Å²) in [6, 6.07) is 0.438. The highest BCUT2D eigenvalue weighted by Crippen LogP contribution is 2.26. The summed E-state index contributed by atoms with van der Waals surface area (Å²) in [5.41, 5.74) is 0. The summed E-state index contributed by atoms with van der Waals surface area (Å²) in [6.07, 6.45) is 3.17. The summed E-state index contributed by atoms with van der Waals surface area (Å²) in [5.74, 6) is 0.146. The van der Waals surface area contributed by atoms with Crippen LogP contribution in [-0.4, -0.2) is 60.4 Å². The molecule has 2 amide bonds. The molecule has 1 saturated heterocycles. The Labute approximate surface area is 102 Å². The summed E-state index contributed by atoms with van der Waals surface area (Å²) >= 11 is 0. The second-order valence-corrected chi connectivity index (χ2v) is 4.76. The van der Waals surface area contributed by atoms with E-state index in [1.165, 1.54) is 0 Å². The fraction of sp³-hybridized carbons (Fsp3) is 0.833. The minimum Gasteiger partial charge on any atom is -0.338 e. The fourth-order valence-electron chi connectivity index (χ4n) is 2.27. The molecule has 1 heterocycles. The lowest BCUT2D eigenvalue weighted by atomic mass is 10.3. The number of nitrogens with zero attached hydrogens (tertiary/aromatic N) is 2. The van der Waals surface area contributed by atoms with Crippen molar-refractivity contribution < 1.29 is 9.59 Å².